The van der Waals surface area contributed by atoms with Gasteiger partial charge in [0.2, 0.25) is 0 Å². The van der Waals surface area contributed by atoms with Gasteiger partial charge in [0.25, 0.3) is 0 Å². The highest BCUT2D eigenvalue weighted by Gasteiger charge is 2.11. The topological polar surface area (TPSA) is 65.3 Å². The van der Waals surface area contributed by atoms with Gasteiger partial charge in [0.1, 0.15) is 17.6 Å². The van der Waals surface area contributed by atoms with Gasteiger partial charge in [-0.05, 0) is 23.8 Å². The van der Waals surface area contributed by atoms with Crippen molar-refractivity contribution in [3.63, 3.8) is 0 Å². The molecule has 0 bridgehead atoms. The molecule has 0 heterocycles. The number of nitrogens with zero attached hydrogens (tertiary/aromatic N) is 1. The number of nitrogens with one attached hydrogen (secondary N) is 1. The van der Waals surface area contributed by atoms with E-state index in [1.165, 1.54) is 13.2 Å². The van der Waals surface area contributed by atoms with E-state index < -0.39 is 11.9 Å². The molecule has 1 unspecified atom stereocenters. The van der Waals surface area contributed by atoms with E-state index in [-0.39, 0.29) is 12.1 Å². The molecular weight excluding hydrogens is 283 g/mol. The minimum atomic E-state index is -0.921. The monoisotopic (exact) mass is 300 g/mol. The third kappa shape index (κ3) is 3.82. The van der Waals surface area contributed by atoms with Gasteiger partial charge in [-0.1, -0.05) is 24.3 Å². The van der Waals surface area contributed by atoms with Crippen molar-refractivity contribution >= 4 is 0 Å². The lowest BCUT2D eigenvalue weighted by Crippen LogP contribution is -2.21. The zero-order valence-corrected chi connectivity index (χ0v) is 12.2. The molecular formula is C17H17FN2O2. The quantitative estimate of drug-likeness (QED) is 0.860. The highest BCUT2D eigenvalue weighted by molar-refractivity contribution is 5.45. The van der Waals surface area contributed by atoms with Crippen molar-refractivity contribution in [3.05, 3.63) is 65.0 Å². The number of methoxy groups -OCH3 is 1. The Hall–Kier alpha value is -2.42. The van der Waals surface area contributed by atoms with E-state index in [4.69, 9.17) is 10.00 Å². The molecule has 0 aromatic heterocycles. The average Bonchev–Trinajstić information content (AvgIpc) is 2.55. The van der Waals surface area contributed by atoms with Crippen LogP contribution in [-0.2, 0) is 6.54 Å². The van der Waals surface area contributed by atoms with Crippen LogP contribution in [0.25, 0.3) is 0 Å². The molecule has 0 fully saturated rings. The smallest absolute Gasteiger partial charge is 0.136 e. The zero-order chi connectivity index (χ0) is 15.9. The summed E-state index contributed by atoms with van der Waals surface area (Å²) in [5, 5.41) is 22.1. The third-order valence-corrected chi connectivity index (χ3v) is 3.32. The maximum absolute atomic E-state index is 13.5. The number of ether oxygens (including phenoxy) is 1. The number of aliphatic hydroxyl groups is 1. The first-order valence-electron chi connectivity index (χ1n) is 6.86. The molecule has 2 aromatic rings. The summed E-state index contributed by atoms with van der Waals surface area (Å²) in [5.41, 5.74) is 1.61. The lowest BCUT2D eigenvalue weighted by atomic mass is 10.1. The highest BCUT2D eigenvalue weighted by atomic mass is 19.1. The molecule has 2 rings (SSSR count). The van der Waals surface area contributed by atoms with E-state index in [1.807, 2.05) is 6.07 Å². The first-order chi connectivity index (χ1) is 10.7. The van der Waals surface area contributed by atoms with Gasteiger partial charge in [-0.25, -0.2) is 4.39 Å². The van der Waals surface area contributed by atoms with Crippen molar-refractivity contribution in [2.24, 2.45) is 0 Å². The van der Waals surface area contributed by atoms with E-state index in [2.05, 4.69) is 11.4 Å². The van der Waals surface area contributed by atoms with Crippen LogP contribution in [-0.4, -0.2) is 18.8 Å². The molecule has 2 N–H and O–H groups in total. The summed E-state index contributed by atoms with van der Waals surface area (Å²) in [5.74, 6) is 0.102. The maximum Gasteiger partial charge on any atom is 0.136 e. The first kappa shape index (κ1) is 16.0. The van der Waals surface area contributed by atoms with Crippen LogP contribution < -0.4 is 10.1 Å². The van der Waals surface area contributed by atoms with Crippen molar-refractivity contribution in [2.75, 3.05) is 13.7 Å². The second-order valence-electron chi connectivity index (χ2n) is 4.81. The van der Waals surface area contributed by atoms with Crippen molar-refractivity contribution in [3.8, 4) is 11.8 Å². The predicted molar refractivity (Wildman–Crippen MR) is 80.8 cm³/mol. The standard InChI is InChI=1S/C17H17FN2O2/c1-22-17-7-6-12(8-13(17)9-19)10-20-11-16(21)14-4-2-3-5-15(14)18/h2-8,16,20-21H,10-11H2,1H3. The van der Waals surface area contributed by atoms with Gasteiger partial charge in [0, 0.05) is 18.7 Å². The molecule has 22 heavy (non-hydrogen) atoms. The molecule has 4 nitrogen and oxygen atoms in total. The summed E-state index contributed by atoms with van der Waals surface area (Å²) in [6, 6.07) is 13.5. The van der Waals surface area contributed by atoms with Crippen LogP contribution in [0.15, 0.2) is 42.5 Å². The van der Waals surface area contributed by atoms with Crippen molar-refractivity contribution in [1.29, 1.82) is 5.26 Å². The molecule has 0 aliphatic rings. The van der Waals surface area contributed by atoms with Gasteiger partial charge in [0.05, 0.1) is 18.8 Å². The lowest BCUT2D eigenvalue weighted by molar-refractivity contribution is 0.169. The fourth-order valence-corrected chi connectivity index (χ4v) is 2.16. The number of aliphatic hydroxyl groups excluding tert-OH is 1. The van der Waals surface area contributed by atoms with Gasteiger partial charge in [-0.15, -0.1) is 0 Å². The van der Waals surface area contributed by atoms with Crippen molar-refractivity contribution in [1.82, 2.24) is 5.32 Å². The molecule has 114 valence electrons. The normalized spacial score (nSPS) is 11.7. The Morgan fingerprint density at radius 3 is 2.77 bits per heavy atom. The molecule has 1 atom stereocenters. The van der Waals surface area contributed by atoms with E-state index in [9.17, 15) is 9.50 Å². The SMILES string of the molecule is COc1ccc(CNCC(O)c2ccccc2F)cc1C#N. The van der Waals surface area contributed by atoms with Crippen molar-refractivity contribution < 1.29 is 14.2 Å². The molecule has 0 amide bonds. The van der Waals surface area contributed by atoms with E-state index in [0.717, 1.165) is 5.56 Å². The Balaban J connectivity index is 1.94. The minimum absolute atomic E-state index is 0.217. The van der Waals surface area contributed by atoms with Gasteiger partial charge in [0.15, 0.2) is 0 Å². The molecule has 0 aliphatic heterocycles. The summed E-state index contributed by atoms with van der Waals surface area (Å²) in [6.45, 7) is 0.680. The molecule has 0 radical (unpaired) electrons. The molecule has 0 spiro atoms. The molecule has 0 saturated heterocycles. The Kier molecular flexibility index (Phi) is 5.48. The number of hydrogen-bond acceptors (Lipinski definition) is 4. The van der Waals surface area contributed by atoms with Crippen LogP contribution >= 0.6 is 0 Å². The second kappa shape index (κ2) is 7.55. The second-order valence-corrected chi connectivity index (χ2v) is 4.81. The maximum atomic E-state index is 13.5. The number of hydrogen-bond donors (Lipinski definition) is 2. The summed E-state index contributed by atoms with van der Waals surface area (Å²) in [7, 11) is 1.51. The molecule has 0 saturated carbocycles. The summed E-state index contributed by atoms with van der Waals surface area (Å²) in [6.07, 6.45) is -0.921. The lowest BCUT2D eigenvalue weighted by Gasteiger charge is -2.13. The molecule has 0 aliphatic carbocycles. The highest BCUT2D eigenvalue weighted by Crippen LogP contribution is 2.19. The predicted octanol–water partition coefficient (Wildman–Crippen LogP) is 2.53. The third-order valence-electron chi connectivity index (χ3n) is 3.32. The summed E-state index contributed by atoms with van der Waals surface area (Å²) in [4.78, 5) is 0. The van der Waals surface area contributed by atoms with Crippen molar-refractivity contribution in [2.45, 2.75) is 12.6 Å². The van der Waals surface area contributed by atoms with Crippen LogP contribution in [0.1, 0.15) is 22.8 Å². The number of rotatable bonds is 6. The minimum Gasteiger partial charge on any atom is -0.495 e. The Morgan fingerprint density at radius 2 is 2.09 bits per heavy atom. The van der Waals surface area contributed by atoms with E-state index in [1.54, 1.807) is 30.3 Å². The first-order valence-corrected chi connectivity index (χ1v) is 6.86. The summed E-state index contributed by atoms with van der Waals surface area (Å²) >= 11 is 0. The van der Waals surface area contributed by atoms with Gasteiger partial charge >= 0.3 is 0 Å². The molecule has 5 heteroatoms. The average molecular weight is 300 g/mol. The fourth-order valence-electron chi connectivity index (χ4n) is 2.16. The Labute approximate surface area is 128 Å². The Morgan fingerprint density at radius 1 is 1.32 bits per heavy atom. The van der Waals surface area contributed by atoms with E-state index >= 15 is 0 Å². The van der Waals surface area contributed by atoms with Crippen LogP contribution in [0.2, 0.25) is 0 Å². The number of benzene rings is 2. The van der Waals surface area contributed by atoms with Crippen LogP contribution in [0.4, 0.5) is 4.39 Å². The molecule has 2 aromatic carbocycles. The zero-order valence-electron chi connectivity index (χ0n) is 12.2. The number of nitriles is 1. The Bertz CT molecular complexity index is 683. The largest absolute Gasteiger partial charge is 0.495 e. The van der Waals surface area contributed by atoms with Gasteiger partial charge in [-0.2, -0.15) is 5.26 Å². The van der Waals surface area contributed by atoms with Crippen LogP contribution in [0, 0.1) is 17.1 Å². The van der Waals surface area contributed by atoms with Crippen LogP contribution in [0.3, 0.4) is 0 Å². The number of halogens is 1. The van der Waals surface area contributed by atoms with Gasteiger partial charge in [-0.3, -0.25) is 0 Å². The van der Waals surface area contributed by atoms with Crippen LogP contribution in [0.5, 0.6) is 5.75 Å². The fraction of sp³-hybridized carbons (Fsp3) is 0.235. The summed E-state index contributed by atoms with van der Waals surface area (Å²) < 4.78 is 18.6. The van der Waals surface area contributed by atoms with Gasteiger partial charge < -0.3 is 15.2 Å². The van der Waals surface area contributed by atoms with E-state index in [0.29, 0.717) is 17.9 Å².